The number of nitrogens with two attached hydrogens (primary N) is 2. The molecular formula is C19H38N2. The molecule has 0 aromatic carbocycles. The Bertz CT molecular complexity index is 310. The average molecular weight is 295 g/mol. The highest BCUT2D eigenvalue weighted by atomic mass is 14.7. The van der Waals surface area contributed by atoms with Crippen LogP contribution >= 0.6 is 0 Å². The van der Waals surface area contributed by atoms with Crippen molar-refractivity contribution in [2.75, 3.05) is 0 Å². The lowest BCUT2D eigenvalue weighted by atomic mass is 9.60. The van der Waals surface area contributed by atoms with Crippen LogP contribution in [0, 0.1) is 47.3 Å². The monoisotopic (exact) mass is 294 g/mol. The Morgan fingerprint density at radius 2 is 0.952 bits per heavy atom. The molecule has 0 bridgehead atoms. The molecule has 0 spiro atoms. The van der Waals surface area contributed by atoms with E-state index in [1.165, 1.54) is 19.3 Å². The molecule has 10 unspecified atom stereocenters. The van der Waals surface area contributed by atoms with E-state index in [2.05, 4.69) is 41.5 Å². The van der Waals surface area contributed by atoms with Gasteiger partial charge in [0.25, 0.3) is 0 Å². The first-order chi connectivity index (χ1) is 9.73. The quantitative estimate of drug-likeness (QED) is 0.812. The maximum absolute atomic E-state index is 6.38. The molecule has 2 nitrogen and oxygen atoms in total. The van der Waals surface area contributed by atoms with Gasteiger partial charge in [0.2, 0.25) is 0 Å². The van der Waals surface area contributed by atoms with Crippen molar-refractivity contribution in [3.05, 3.63) is 0 Å². The van der Waals surface area contributed by atoms with Gasteiger partial charge < -0.3 is 11.5 Å². The largest absolute Gasteiger partial charge is 0.327 e. The highest BCUT2D eigenvalue weighted by Gasteiger charge is 2.41. The van der Waals surface area contributed by atoms with Crippen LogP contribution in [0.15, 0.2) is 0 Å². The van der Waals surface area contributed by atoms with Crippen LogP contribution in [0.1, 0.15) is 60.8 Å². The van der Waals surface area contributed by atoms with Crippen molar-refractivity contribution < 1.29 is 0 Å². The van der Waals surface area contributed by atoms with E-state index in [4.69, 9.17) is 11.5 Å². The van der Waals surface area contributed by atoms with Crippen molar-refractivity contribution in [3.8, 4) is 0 Å². The molecule has 0 amide bonds. The predicted molar refractivity (Wildman–Crippen MR) is 91.8 cm³/mol. The van der Waals surface area contributed by atoms with Gasteiger partial charge in [0.1, 0.15) is 0 Å². The second-order valence-corrected chi connectivity index (χ2v) is 8.77. The van der Waals surface area contributed by atoms with Gasteiger partial charge >= 0.3 is 0 Å². The van der Waals surface area contributed by atoms with Crippen LogP contribution in [0.3, 0.4) is 0 Å². The summed E-state index contributed by atoms with van der Waals surface area (Å²) in [4.78, 5) is 0. The Kier molecular flexibility index (Phi) is 5.41. The molecule has 0 radical (unpaired) electrons. The zero-order valence-electron chi connectivity index (χ0n) is 15.0. The van der Waals surface area contributed by atoms with Crippen LogP contribution in [0.2, 0.25) is 0 Å². The van der Waals surface area contributed by atoms with Crippen molar-refractivity contribution >= 4 is 0 Å². The first kappa shape index (κ1) is 17.3. The number of hydrogen-bond acceptors (Lipinski definition) is 2. The van der Waals surface area contributed by atoms with E-state index in [1.807, 2.05) is 0 Å². The maximum Gasteiger partial charge on any atom is 0.00931 e. The number of hydrogen-bond donors (Lipinski definition) is 2. The topological polar surface area (TPSA) is 52.0 Å². The van der Waals surface area contributed by atoms with Crippen LogP contribution in [-0.2, 0) is 0 Å². The Labute approximate surface area is 132 Å². The Morgan fingerprint density at radius 3 is 1.29 bits per heavy atom. The lowest BCUT2D eigenvalue weighted by molar-refractivity contribution is 0.0452. The minimum atomic E-state index is 0.395. The second kappa shape index (κ2) is 6.58. The Morgan fingerprint density at radius 1 is 0.619 bits per heavy atom. The fourth-order valence-electron chi connectivity index (χ4n) is 5.31. The van der Waals surface area contributed by atoms with Crippen molar-refractivity contribution in [2.24, 2.45) is 58.8 Å². The van der Waals surface area contributed by atoms with Crippen LogP contribution < -0.4 is 11.5 Å². The maximum atomic E-state index is 6.38. The molecule has 0 aromatic rings. The lowest BCUT2D eigenvalue weighted by Gasteiger charge is -2.47. The molecule has 2 aliphatic rings. The van der Waals surface area contributed by atoms with E-state index in [0.29, 0.717) is 35.8 Å². The summed E-state index contributed by atoms with van der Waals surface area (Å²) in [7, 11) is 0. The highest BCUT2D eigenvalue weighted by Crippen LogP contribution is 2.45. The molecule has 124 valence electrons. The van der Waals surface area contributed by atoms with Crippen LogP contribution in [0.4, 0.5) is 0 Å². The van der Waals surface area contributed by atoms with Crippen molar-refractivity contribution in [2.45, 2.75) is 72.9 Å². The van der Waals surface area contributed by atoms with E-state index in [9.17, 15) is 0 Å². The van der Waals surface area contributed by atoms with E-state index < -0.39 is 0 Å². The van der Waals surface area contributed by atoms with Crippen molar-refractivity contribution in [1.82, 2.24) is 0 Å². The van der Waals surface area contributed by atoms with Crippen LogP contribution in [0.5, 0.6) is 0 Å². The van der Waals surface area contributed by atoms with Gasteiger partial charge in [-0.15, -0.1) is 0 Å². The van der Waals surface area contributed by atoms with Gasteiger partial charge in [0.05, 0.1) is 0 Å². The summed E-state index contributed by atoms with van der Waals surface area (Å²) in [5, 5.41) is 0. The van der Waals surface area contributed by atoms with Gasteiger partial charge in [0, 0.05) is 12.1 Å². The fourth-order valence-corrected chi connectivity index (χ4v) is 5.31. The molecule has 2 saturated carbocycles. The molecule has 2 rings (SSSR count). The molecule has 10 atom stereocenters. The predicted octanol–water partition coefficient (Wildman–Crippen LogP) is 3.89. The molecule has 2 heteroatoms. The first-order valence-corrected chi connectivity index (χ1v) is 9.25. The summed E-state index contributed by atoms with van der Waals surface area (Å²) in [6.45, 7) is 14.3. The molecule has 2 aliphatic carbocycles. The van der Waals surface area contributed by atoms with Gasteiger partial charge in [-0.25, -0.2) is 0 Å². The molecule has 4 N–H and O–H groups in total. The summed E-state index contributed by atoms with van der Waals surface area (Å²) in [5.74, 6) is 5.93. The smallest absolute Gasteiger partial charge is 0.00931 e. The zero-order chi connectivity index (χ0) is 15.9. The highest BCUT2D eigenvalue weighted by molar-refractivity contribution is 4.94. The summed E-state index contributed by atoms with van der Waals surface area (Å²) in [6, 6.07) is 0.789. The zero-order valence-corrected chi connectivity index (χ0v) is 15.0. The third kappa shape index (κ3) is 3.32. The minimum absolute atomic E-state index is 0.395. The van der Waals surface area contributed by atoms with Gasteiger partial charge in [-0.3, -0.25) is 0 Å². The molecule has 0 aromatic heterocycles. The van der Waals surface area contributed by atoms with Crippen molar-refractivity contribution in [1.29, 1.82) is 0 Å². The van der Waals surface area contributed by atoms with Crippen LogP contribution in [-0.4, -0.2) is 12.1 Å². The third-order valence-corrected chi connectivity index (χ3v) is 7.63. The minimum Gasteiger partial charge on any atom is -0.327 e. The normalized spacial score (nSPS) is 55.4. The Balaban J connectivity index is 2.03. The van der Waals surface area contributed by atoms with Gasteiger partial charge in [-0.1, -0.05) is 41.5 Å². The van der Waals surface area contributed by atoms with Gasteiger partial charge in [0.15, 0.2) is 0 Å². The molecule has 2 fully saturated rings. The van der Waals surface area contributed by atoms with Crippen LogP contribution in [0.25, 0.3) is 0 Å². The van der Waals surface area contributed by atoms with E-state index in [0.717, 1.165) is 23.7 Å². The number of rotatable bonds is 2. The van der Waals surface area contributed by atoms with E-state index >= 15 is 0 Å². The summed E-state index contributed by atoms with van der Waals surface area (Å²) in [6.07, 6.45) is 4.04. The summed E-state index contributed by atoms with van der Waals surface area (Å²) >= 11 is 0. The SMILES string of the molecule is CC1CC(CC2CC(C)C(N)C(C)C2C)C(C)C(C)C1N. The van der Waals surface area contributed by atoms with Gasteiger partial charge in [-0.2, -0.15) is 0 Å². The summed E-state index contributed by atoms with van der Waals surface area (Å²) in [5.41, 5.74) is 12.8. The summed E-state index contributed by atoms with van der Waals surface area (Å²) < 4.78 is 0. The molecule has 0 aliphatic heterocycles. The van der Waals surface area contributed by atoms with Gasteiger partial charge in [-0.05, 0) is 66.6 Å². The van der Waals surface area contributed by atoms with E-state index in [-0.39, 0.29) is 0 Å². The standard InChI is InChI=1S/C19H38N2/c1-10-7-16(12(3)14(5)18(10)20)9-17-8-11(2)19(21)15(6)13(17)4/h10-19H,7-9,20-21H2,1-6H3. The molecular weight excluding hydrogens is 256 g/mol. The molecule has 21 heavy (non-hydrogen) atoms. The van der Waals surface area contributed by atoms with Crippen molar-refractivity contribution in [3.63, 3.8) is 0 Å². The molecule has 0 heterocycles. The molecule has 0 saturated heterocycles. The second-order valence-electron chi connectivity index (χ2n) is 8.77. The lowest BCUT2D eigenvalue weighted by Crippen LogP contribution is -2.48. The third-order valence-electron chi connectivity index (χ3n) is 7.63. The Hall–Kier alpha value is -0.0800. The fraction of sp³-hybridized carbons (Fsp3) is 1.00. The average Bonchev–Trinajstić information content (AvgIpc) is 2.45. The van der Waals surface area contributed by atoms with E-state index in [1.54, 1.807) is 0 Å². The first-order valence-electron chi connectivity index (χ1n) is 9.25.